The fourth-order valence-electron chi connectivity index (χ4n) is 3.98. The first kappa shape index (κ1) is 18.3. The van der Waals surface area contributed by atoms with Crippen LogP contribution in [0, 0.1) is 0 Å². The van der Waals surface area contributed by atoms with Gasteiger partial charge in [0.2, 0.25) is 0 Å². The van der Waals surface area contributed by atoms with Crippen LogP contribution in [0.3, 0.4) is 0 Å². The van der Waals surface area contributed by atoms with Crippen LogP contribution in [-0.2, 0) is 9.53 Å². The number of hydrogen-bond acceptors (Lipinski definition) is 6. The van der Waals surface area contributed by atoms with Crippen LogP contribution in [0.15, 0.2) is 29.4 Å². The average Bonchev–Trinajstić information content (AvgIpc) is 3.25. The van der Waals surface area contributed by atoms with Crippen LogP contribution in [0.5, 0.6) is 5.75 Å². The summed E-state index contributed by atoms with van der Waals surface area (Å²) in [5.74, 6) is 1.46. The predicted octanol–water partition coefficient (Wildman–Crippen LogP) is 4.26. The highest BCUT2D eigenvalue weighted by Crippen LogP contribution is 2.40. The summed E-state index contributed by atoms with van der Waals surface area (Å²) in [7, 11) is 1.67. The molecular formula is C20H25N3O3S. The van der Waals surface area contributed by atoms with Crippen LogP contribution in [0.1, 0.15) is 51.5 Å². The van der Waals surface area contributed by atoms with Crippen molar-refractivity contribution in [1.82, 2.24) is 14.8 Å². The third-order valence-corrected chi connectivity index (χ3v) is 6.48. The van der Waals surface area contributed by atoms with Gasteiger partial charge in [-0.15, -0.1) is 10.2 Å². The van der Waals surface area contributed by atoms with Crippen molar-refractivity contribution in [2.45, 2.75) is 68.0 Å². The van der Waals surface area contributed by atoms with E-state index in [2.05, 4.69) is 14.8 Å². The van der Waals surface area contributed by atoms with Gasteiger partial charge in [-0.05, 0) is 31.9 Å². The monoisotopic (exact) mass is 387 g/mol. The summed E-state index contributed by atoms with van der Waals surface area (Å²) in [5, 5.41) is 9.59. The molecule has 1 aromatic heterocycles. The number of cyclic esters (lactones) is 1. The third-order valence-electron chi connectivity index (χ3n) is 5.33. The lowest BCUT2D eigenvalue weighted by Gasteiger charge is -2.26. The van der Waals surface area contributed by atoms with E-state index >= 15 is 0 Å². The van der Waals surface area contributed by atoms with Gasteiger partial charge in [0.1, 0.15) is 17.1 Å². The van der Waals surface area contributed by atoms with Crippen molar-refractivity contribution in [2.75, 3.05) is 7.11 Å². The molecule has 144 valence electrons. The number of thioether (sulfide) groups is 1. The maximum absolute atomic E-state index is 12.1. The molecule has 0 radical (unpaired) electrons. The zero-order chi connectivity index (χ0) is 18.8. The molecule has 1 saturated heterocycles. The van der Waals surface area contributed by atoms with Crippen LogP contribution in [-0.4, -0.2) is 39.2 Å². The number of ether oxygens (including phenoxy) is 2. The summed E-state index contributed by atoms with van der Waals surface area (Å²) < 4.78 is 13.1. The number of carbonyl (C=O) groups is 1. The Bertz CT molecular complexity index is 817. The molecule has 0 unspecified atom stereocenters. The minimum atomic E-state index is -0.211. The molecule has 2 heterocycles. The van der Waals surface area contributed by atoms with E-state index in [1.807, 2.05) is 31.2 Å². The summed E-state index contributed by atoms with van der Waals surface area (Å²) >= 11 is 1.49. The second-order valence-corrected chi connectivity index (χ2v) is 8.43. The highest BCUT2D eigenvalue weighted by Gasteiger charge is 2.35. The Kier molecular flexibility index (Phi) is 5.38. The first-order valence-electron chi connectivity index (χ1n) is 9.63. The van der Waals surface area contributed by atoms with E-state index in [1.165, 1.54) is 31.0 Å². The topological polar surface area (TPSA) is 66.2 Å². The molecule has 7 heteroatoms. The van der Waals surface area contributed by atoms with E-state index in [0.717, 1.165) is 35.1 Å². The average molecular weight is 388 g/mol. The molecule has 1 aliphatic heterocycles. The van der Waals surface area contributed by atoms with E-state index < -0.39 is 0 Å². The smallest absolute Gasteiger partial charge is 0.319 e. The van der Waals surface area contributed by atoms with Crippen molar-refractivity contribution in [1.29, 1.82) is 0 Å². The SMILES string of the molecule is COc1ccccc1-c1nnc(S[C@H]2C[C@H](C)OC2=O)n1C1CCCCC1. The minimum Gasteiger partial charge on any atom is -0.496 e. The Labute approximate surface area is 163 Å². The van der Waals surface area contributed by atoms with E-state index in [-0.39, 0.29) is 17.3 Å². The Hall–Kier alpha value is -2.02. The van der Waals surface area contributed by atoms with E-state index in [0.29, 0.717) is 12.5 Å². The Morgan fingerprint density at radius 1 is 1.19 bits per heavy atom. The number of benzene rings is 1. The van der Waals surface area contributed by atoms with Crippen molar-refractivity contribution in [3.8, 4) is 17.1 Å². The number of methoxy groups -OCH3 is 1. The molecule has 6 nitrogen and oxygen atoms in total. The van der Waals surface area contributed by atoms with Gasteiger partial charge in [-0.3, -0.25) is 9.36 Å². The summed E-state index contributed by atoms with van der Waals surface area (Å²) in [4.78, 5) is 12.1. The van der Waals surface area contributed by atoms with Gasteiger partial charge >= 0.3 is 5.97 Å². The van der Waals surface area contributed by atoms with Gasteiger partial charge in [0, 0.05) is 12.5 Å². The van der Waals surface area contributed by atoms with Gasteiger partial charge in [0.25, 0.3) is 0 Å². The molecule has 2 atom stereocenters. The molecule has 2 aromatic rings. The Morgan fingerprint density at radius 2 is 1.96 bits per heavy atom. The highest BCUT2D eigenvalue weighted by atomic mass is 32.2. The first-order chi connectivity index (χ1) is 13.2. The Balaban J connectivity index is 1.73. The highest BCUT2D eigenvalue weighted by molar-refractivity contribution is 8.00. The fraction of sp³-hybridized carbons (Fsp3) is 0.550. The molecule has 4 rings (SSSR count). The van der Waals surface area contributed by atoms with E-state index in [1.54, 1.807) is 7.11 Å². The lowest BCUT2D eigenvalue weighted by molar-refractivity contribution is -0.140. The van der Waals surface area contributed by atoms with E-state index in [4.69, 9.17) is 9.47 Å². The maximum Gasteiger partial charge on any atom is 0.319 e. The molecule has 2 fully saturated rings. The zero-order valence-corrected chi connectivity index (χ0v) is 16.6. The summed E-state index contributed by atoms with van der Waals surface area (Å²) in [6.45, 7) is 1.94. The van der Waals surface area contributed by atoms with Crippen LogP contribution in [0.2, 0.25) is 0 Å². The molecule has 1 aliphatic carbocycles. The van der Waals surface area contributed by atoms with Gasteiger partial charge in [0.05, 0.1) is 12.7 Å². The first-order valence-corrected chi connectivity index (χ1v) is 10.5. The molecule has 0 N–H and O–H groups in total. The predicted molar refractivity (Wildman–Crippen MR) is 104 cm³/mol. The molecule has 0 bridgehead atoms. The van der Waals surface area contributed by atoms with Crippen LogP contribution in [0.4, 0.5) is 0 Å². The fourth-order valence-corrected chi connectivity index (χ4v) is 5.19. The van der Waals surface area contributed by atoms with Crippen molar-refractivity contribution in [3.63, 3.8) is 0 Å². The quantitative estimate of drug-likeness (QED) is 0.715. The van der Waals surface area contributed by atoms with Crippen molar-refractivity contribution in [2.24, 2.45) is 0 Å². The normalized spacial score (nSPS) is 23.4. The molecule has 2 aliphatic rings. The number of hydrogen-bond donors (Lipinski definition) is 0. The standard InChI is InChI=1S/C20H25N3O3S/c1-13-12-17(19(24)26-13)27-20-22-21-18(15-10-6-7-11-16(15)25-2)23(20)14-8-4-3-5-9-14/h6-7,10-11,13-14,17H,3-5,8-9,12H2,1-2H3/t13-,17-/m0/s1. The van der Waals surface area contributed by atoms with Gasteiger partial charge in [-0.1, -0.05) is 43.2 Å². The van der Waals surface area contributed by atoms with Crippen molar-refractivity contribution in [3.05, 3.63) is 24.3 Å². The summed E-state index contributed by atoms with van der Waals surface area (Å²) in [6, 6.07) is 8.25. The molecule has 27 heavy (non-hydrogen) atoms. The number of nitrogens with zero attached hydrogens (tertiary/aromatic N) is 3. The van der Waals surface area contributed by atoms with Crippen LogP contribution < -0.4 is 4.74 Å². The molecule has 0 amide bonds. The number of aromatic nitrogens is 3. The maximum atomic E-state index is 12.1. The number of para-hydroxylation sites is 1. The van der Waals surface area contributed by atoms with Crippen molar-refractivity contribution >= 4 is 17.7 Å². The lowest BCUT2D eigenvalue weighted by Crippen LogP contribution is -2.17. The van der Waals surface area contributed by atoms with Gasteiger partial charge in [0.15, 0.2) is 11.0 Å². The summed E-state index contributed by atoms with van der Waals surface area (Å²) in [6.07, 6.45) is 6.60. The van der Waals surface area contributed by atoms with Crippen molar-refractivity contribution < 1.29 is 14.3 Å². The Morgan fingerprint density at radius 3 is 2.67 bits per heavy atom. The summed E-state index contributed by atoms with van der Waals surface area (Å²) in [5.41, 5.74) is 0.937. The zero-order valence-electron chi connectivity index (χ0n) is 15.8. The second-order valence-electron chi connectivity index (χ2n) is 7.26. The van der Waals surface area contributed by atoms with Crippen LogP contribution in [0.25, 0.3) is 11.4 Å². The molecule has 1 saturated carbocycles. The number of esters is 1. The lowest BCUT2D eigenvalue weighted by atomic mass is 9.95. The largest absolute Gasteiger partial charge is 0.496 e. The van der Waals surface area contributed by atoms with Gasteiger partial charge < -0.3 is 9.47 Å². The molecule has 0 spiro atoms. The van der Waals surface area contributed by atoms with Gasteiger partial charge in [-0.25, -0.2) is 0 Å². The number of carbonyl (C=O) groups excluding carboxylic acids is 1. The number of rotatable bonds is 5. The minimum absolute atomic E-state index is 0.0326. The molecular weight excluding hydrogens is 362 g/mol. The van der Waals surface area contributed by atoms with Gasteiger partial charge in [-0.2, -0.15) is 0 Å². The molecule has 1 aromatic carbocycles. The van der Waals surface area contributed by atoms with E-state index in [9.17, 15) is 4.79 Å². The second kappa shape index (κ2) is 7.92. The van der Waals surface area contributed by atoms with Crippen LogP contribution >= 0.6 is 11.8 Å². The third kappa shape index (κ3) is 3.70.